The second-order valence-corrected chi connectivity index (χ2v) is 8.26. The zero-order valence-electron chi connectivity index (χ0n) is 18.3. The first kappa shape index (κ1) is 19.7. The van der Waals surface area contributed by atoms with Crippen molar-refractivity contribution in [1.82, 2.24) is 4.90 Å². The van der Waals surface area contributed by atoms with E-state index < -0.39 is 0 Å². The van der Waals surface area contributed by atoms with E-state index in [4.69, 9.17) is 9.47 Å². The normalized spacial score (nSPS) is 11.7. The summed E-state index contributed by atoms with van der Waals surface area (Å²) < 4.78 is 10.8. The molecule has 0 radical (unpaired) electrons. The lowest BCUT2D eigenvalue weighted by Crippen LogP contribution is -2.21. The molecule has 5 aromatic rings. The van der Waals surface area contributed by atoms with Crippen LogP contribution in [0.4, 0.5) is 0 Å². The Balaban J connectivity index is 1.40. The fraction of sp³-hybridized carbons (Fsp3) is 0.214. The van der Waals surface area contributed by atoms with Crippen LogP contribution in [0.1, 0.15) is 11.1 Å². The van der Waals surface area contributed by atoms with Crippen molar-refractivity contribution in [3.63, 3.8) is 0 Å². The van der Waals surface area contributed by atoms with Crippen molar-refractivity contribution in [1.29, 1.82) is 0 Å². The molecule has 0 aromatic heterocycles. The van der Waals surface area contributed by atoms with Crippen molar-refractivity contribution in [3.05, 3.63) is 83.9 Å². The van der Waals surface area contributed by atoms with Crippen molar-refractivity contribution < 1.29 is 9.47 Å². The Hall–Kier alpha value is -3.30. The molecule has 0 bridgehead atoms. The van der Waals surface area contributed by atoms with Gasteiger partial charge >= 0.3 is 0 Å². The second kappa shape index (κ2) is 8.09. The van der Waals surface area contributed by atoms with E-state index >= 15 is 0 Å². The zero-order chi connectivity index (χ0) is 21.4. The monoisotopic (exact) mass is 409 g/mol. The number of hydrogen-bond donors (Lipinski definition) is 0. The third kappa shape index (κ3) is 3.55. The maximum absolute atomic E-state index is 5.44. The van der Waals surface area contributed by atoms with E-state index in [1.165, 1.54) is 43.4 Å². The lowest BCUT2D eigenvalue weighted by atomic mass is 9.92. The van der Waals surface area contributed by atoms with Gasteiger partial charge in [-0.1, -0.05) is 60.7 Å². The number of hydrogen-bond acceptors (Lipinski definition) is 3. The molecule has 31 heavy (non-hydrogen) atoms. The van der Waals surface area contributed by atoms with Crippen LogP contribution in [0.25, 0.3) is 32.3 Å². The molecule has 156 valence electrons. The maximum atomic E-state index is 5.44. The quantitative estimate of drug-likeness (QED) is 0.296. The Kier molecular flexibility index (Phi) is 5.13. The summed E-state index contributed by atoms with van der Waals surface area (Å²) in [4.78, 5) is 2.39. The lowest BCUT2D eigenvalue weighted by Gasteiger charge is -2.20. The van der Waals surface area contributed by atoms with Crippen molar-refractivity contribution in [3.8, 4) is 11.5 Å². The number of rotatable bonds is 7. The largest absolute Gasteiger partial charge is 0.493 e. The average molecular weight is 410 g/mol. The highest BCUT2D eigenvalue weighted by atomic mass is 16.5. The highest BCUT2D eigenvalue weighted by Gasteiger charge is 2.12. The van der Waals surface area contributed by atoms with Gasteiger partial charge in [-0.25, -0.2) is 0 Å². The van der Waals surface area contributed by atoms with E-state index in [0.29, 0.717) is 0 Å². The van der Waals surface area contributed by atoms with E-state index in [2.05, 4.69) is 78.7 Å². The summed E-state index contributed by atoms with van der Waals surface area (Å²) in [5, 5.41) is 8.08. The van der Waals surface area contributed by atoms with Gasteiger partial charge in [-0.05, 0) is 69.0 Å². The molecule has 0 fully saturated rings. The molecule has 0 atom stereocenters. The summed E-state index contributed by atoms with van der Waals surface area (Å²) in [6.07, 6.45) is 0.961. The minimum absolute atomic E-state index is 0.772. The highest BCUT2D eigenvalue weighted by molar-refractivity contribution is 6.23. The molecule has 0 saturated heterocycles. The highest BCUT2D eigenvalue weighted by Crippen LogP contribution is 2.36. The van der Waals surface area contributed by atoms with Crippen LogP contribution < -0.4 is 9.47 Å². The van der Waals surface area contributed by atoms with Gasteiger partial charge in [0, 0.05) is 13.1 Å². The molecular formula is C28H27NO2. The standard InChI is InChI=1S/C28H27NO2/c1-29(16-15-19-7-14-25(30-2)26(17-19)31-3)18-23-11-10-22-9-8-20-5-4-6-21-12-13-24(23)28(22)27(20)21/h4-14,17H,15-16,18H2,1-3H3. The van der Waals surface area contributed by atoms with Crippen LogP contribution in [-0.4, -0.2) is 32.7 Å². The lowest BCUT2D eigenvalue weighted by molar-refractivity contribution is 0.331. The van der Waals surface area contributed by atoms with Crippen molar-refractivity contribution >= 4 is 32.3 Å². The van der Waals surface area contributed by atoms with E-state index in [-0.39, 0.29) is 0 Å². The molecule has 3 nitrogen and oxygen atoms in total. The van der Waals surface area contributed by atoms with Crippen LogP contribution in [0.5, 0.6) is 11.5 Å². The van der Waals surface area contributed by atoms with Crippen molar-refractivity contribution in [2.45, 2.75) is 13.0 Å². The molecule has 0 heterocycles. The third-order valence-electron chi connectivity index (χ3n) is 6.29. The van der Waals surface area contributed by atoms with Gasteiger partial charge in [-0.2, -0.15) is 0 Å². The minimum atomic E-state index is 0.772. The number of methoxy groups -OCH3 is 2. The molecular weight excluding hydrogens is 382 g/mol. The minimum Gasteiger partial charge on any atom is -0.493 e. The first-order chi connectivity index (χ1) is 15.2. The molecule has 0 amide bonds. The van der Waals surface area contributed by atoms with Crippen molar-refractivity contribution in [2.75, 3.05) is 27.8 Å². The van der Waals surface area contributed by atoms with Crippen LogP contribution in [0.15, 0.2) is 72.8 Å². The summed E-state index contributed by atoms with van der Waals surface area (Å²) in [6.45, 7) is 1.89. The Morgan fingerprint density at radius 2 is 1.39 bits per heavy atom. The average Bonchev–Trinajstić information content (AvgIpc) is 2.82. The second-order valence-electron chi connectivity index (χ2n) is 8.26. The Bertz CT molecular complexity index is 1340. The molecule has 5 rings (SSSR count). The van der Waals surface area contributed by atoms with Gasteiger partial charge in [0.1, 0.15) is 0 Å². The summed E-state index contributed by atoms with van der Waals surface area (Å²) in [5.74, 6) is 1.56. The number of likely N-dealkylation sites (N-methyl/N-ethyl adjacent to an activating group) is 1. The first-order valence-corrected chi connectivity index (χ1v) is 10.7. The molecule has 0 unspecified atom stereocenters. The fourth-order valence-corrected chi connectivity index (χ4v) is 4.66. The van der Waals surface area contributed by atoms with Gasteiger partial charge in [0.25, 0.3) is 0 Å². The molecule has 0 saturated carbocycles. The topological polar surface area (TPSA) is 21.7 Å². The smallest absolute Gasteiger partial charge is 0.160 e. The Labute approximate surface area is 183 Å². The molecule has 0 spiro atoms. The number of nitrogens with zero attached hydrogens (tertiary/aromatic N) is 1. The van der Waals surface area contributed by atoms with Crippen LogP contribution in [0.2, 0.25) is 0 Å². The molecule has 0 aliphatic carbocycles. The first-order valence-electron chi connectivity index (χ1n) is 10.7. The zero-order valence-corrected chi connectivity index (χ0v) is 18.3. The van der Waals surface area contributed by atoms with Crippen LogP contribution in [0.3, 0.4) is 0 Å². The predicted molar refractivity (Wildman–Crippen MR) is 130 cm³/mol. The van der Waals surface area contributed by atoms with Crippen LogP contribution in [-0.2, 0) is 13.0 Å². The van der Waals surface area contributed by atoms with Gasteiger partial charge in [-0.3, -0.25) is 0 Å². The number of benzene rings is 5. The Morgan fingerprint density at radius 1 is 0.710 bits per heavy atom. The summed E-state index contributed by atoms with van der Waals surface area (Å²) in [5.41, 5.74) is 2.63. The molecule has 0 N–H and O–H groups in total. The molecule has 0 aliphatic heterocycles. The van der Waals surface area contributed by atoms with Crippen LogP contribution >= 0.6 is 0 Å². The van der Waals surface area contributed by atoms with Gasteiger partial charge in [-0.15, -0.1) is 0 Å². The fourth-order valence-electron chi connectivity index (χ4n) is 4.66. The van der Waals surface area contributed by atoms with E-state index in [1.807, 2.05) is 6.07 Å². The van der Waals surface area contributed by atoms with Gasteiger partial charge < -0.3 is 14.4 Å². The van der Waals surface area contributed by atoms with Gasteiger partial charge in [0.2, 0.25) is 0 Å². The van der Waals surface area contributed by atoms with E-state index in [9.17, 15) is 0 Å². The van der Waals surface area contributed by atoms with Gasteiger partial charge in [0.15, 0.2) is 11.5 Å². The van der Waals surface area contributed by atoms with Crippen molar-refractivity contribution in [2.24, 2.45) is 0 Å². The summed E-state index contributed by atoms with van der Waals surface area (Å²) in [7, 11) is 5.54. The Morgan fingerprint density at radius 3 is 2.13 bits per heavy atom. The van der Waals surface area contributed by atoms with Crippen LogP contribution in [0, 0.1) is 0 Å². The summed E-state index contributed by atoms with van der Waals surface area (Å²) in [6, 6.07) is 26.3. The predicted octanol–water partition coefficient (Wildman–Crippen LogP) is 6.28. The summed E-state index contributed by atoms with van der Waals surface area (Å²) >= 11 is 0. The molecule has 3 heteroatoms. The molecule has 0 aliphatic rings. The SMILES string of the molecule is COc1ccc(CCN(C)Cc2ccc3ccc4cccc5ccc2c3c45)cc1OC. The third-order valence-corrected chi connectivity index (χ3v) is 6.29. The maximum Gasteiger partial charge on any atom is 0.160 e. The van der Waals surface area contributed by atoms with E-state index in [1.54, 1.807) is 14.2 Å². The number of ether oxygens (including phenoxy) is 2. The molecule has 5 aromatic carbocycles. The van der Waals surface area contributed by atoms with E-state index in [0.717, 1.165) is 31.0 Å². The van der Waals surface area contributed by atoms with Gasteiger partial charge in [0.05, 0.1) is 14.2 Å².